The molecule has 0 fully saturated rings. The minimum atomic E-state index is -0.504. The van der Waals surface area contributed by atoms with Crippen LogP contribution in [0, 0.1) is 0 Å². The Morgan fingerprint density at radius 2 is 2.04 bits per heavy atom. The van der Waals surface area contributed by atoms with Crippen molar-refractivity contribution < 1.29 is 23.9 Å². The number of aromatic nitrogens is 2. The normalized spacial score (nSPS) is 10.6. The number of imidazole rings is 1. The smallest absolute Gasteiger partial charge is 0.338 e. The van der Waals surface area contributed by atoms with Gasteiger partial charge >= 0.3 is 11.9 Å². The summed E-state index contributed by atoms with van der Waals surface area (Å²) in [6, 6.07) is 5.20. The third-order valence-electron chi connectivity index (χ3n) is 3.53. The number of rotatable bonds is 8. The van der Waals surface area contributed by atoms with Crippen LogP contribution in [-0.2, 0) is 25.6 Å². The third kappa shape index (κ3) is 4.75. The van der Waals surface area contributed by atoms with Crippen molar-refractivity contribution in [2.45, 2.75) is 25.5 Å². The number of ether oxygens (including phenoxy) is 2. The van der Waals surface area contributed by atoms with E-state index in [1.54, 1.807) is 19.1 Å². The molecule has 0 bridgehead atoms. The Morgan fingerprint density at radius 3 is 2.69 bits per heavy atom. The highest BCUT2D eigenvalue weighted by Crippen LogP contribution is 2.25. The lowest BCUT2D eigenvalue weighted by Crippen LogP contribution is -2.31. The Labute approximate surface area is 155 Å². The minimum Gasteiger partial charge on any atom is -0.468 e. The Morgan fingerprint density at radius 1 is 1.27 bits per heavy atom. The monoisotopic (exact) mass is 379 g/mol. The fourth-order valence-electron chi connectivity index (χ4n) is 2.29. The minimum absolute atomic E-state index is 0.116. The summed E-state index contributed by atoms with van der Waals surface area (Å²) >= 11 is 1.26. The fourth-order valence-corrected chi connectivity index (χ4v) is 3.20. The first-order chi connectivity index (χ1) is 12.5. The highest BCUT2D eigenvalue weighted by molar-refractivity contribution is 7.99. The predicted molar refractivity (Wildman–Crippen MR) is 97.1 cm³/mol. The summed E-state index contributed by atoms with van der Waals surface area (Å²) < 4.78 is 11.4. The van der Waals surface area contributed by atoms with E-state index in [1.807, 2.05) is 17.6 Å². The number of carbonyl (C=O) groups excluding carboxylic acids is 3. The van der Waals surface area contributed by atoms with Gasteiger partial charge < -0.3 is 19.4 Å². The van der Waals surface area contributed by atoms with Crippen molar-refractivity contribution in [1.29, 1.82) is 0 Å². The molecule has 0 saturated carbocycles. The van der Waals surface area contributed by atoms with E-state index in [1.165, 1.54) is 18.9 Å². The van der Waals surface area contributed by atoms with Gasteiger partial charge in [0.05, 0.1) is 36.1 Å². The molecule has 0 radical (unpaired) electrons. The average Bonchev–Trinajstić information content (AvgIpc) is 3.00. The molecule has 8 nitrogen and oxygen atoms in total. The van der Waals surface area contributed by atoms with Gasteiger partial charge in [0.25, 0.3) is 0 Å². The van der Waals surface area contributed by atoms with Crippen LogP contribution in [0.2, 0.25) is 0 Å². The van der Waals surface area contributed by atoms with Crippen LogP contribution in [0.15, 0.2) is 23.4 Å². The van der Waals surface area contributed by atoms with Crippen LogP contribution in [0.5, 0.6) is 0 Å². The summed E-state index contributed by atoms with van der Waals surface area (Å²) in [5.41, 5.74) is 1.97. The second-order valence-electron chi connectivity index (χ2n) is 5.20. The molecule has 0 unspecified atom stereocenters. The number of amides is 1. The first-order valence-corrected chi connectivity index (χ1v) is 9.12. The van der Waals surface area contributed by atoms with Gasteiger partial charge in [0.1, 0.15) is 6.54 Å². The topological polar surface area (TPSA) is 99.5 Å². The van der Waals surface area contributed by atoms with Gasteiger partial charge in [-0.2, -0.15) is 0 Å². The first kappa shape index (κ1) is 19.8. The number of esters is 2. The Kier molecular flexibility index (Phi) is 7.02. The molecule has 0 atom stereocenters. The van der Waals surface area contributed by atoms with E-state index in [2.05, 4.69) is 15.0 Å². The zero-order valence-corrected chi connectivity index (χ0v) is 15.7. The molecule has 2 rings (SSSR count). The molecule has 0 saturated heterocycles. The van der Waals surface area contributed by atoms with E-state index in [0.29, 0.717) is 29.4 Å². The van der Waals surface area contributed by atoms with Crippen LogP contribution in [-0.4, -0.2) is 53.4 Å². The van der Waals surface area contributed by atoms with Gasteiger partial charge in [0.15, 0.2) is 5.16 Å². The average molecular weight is 379 g/mol. The van der Waals surface area contributed by atoms with Crippen LogP contribution in [0.3, 0.4) is 0 Å². The van der Waals surface area contributed by atoms with Gasteiger partial charge in [-0.3, -0.25) is 9.59 Å². The van der Waals surface area contributed by atoms with Crippen molar-refractivity contribution in [1.82, 2.24) is 14.9 Å². The van der Waals surface area contributed by atoms with Crippen molar-refractivity contribution >= 4 is 40.6 Å². The van der Waals surface area contributed by atoms with Crippen LogP contribution < -0.4 is 5.32 Å². The van der Waals surface area contributed by atoms with Crippen molar-refractivity contribution in [3.8, 4) is 0 Å². The maximum Gasteiger partial charge on any atom is 0.338 e. The van der Waals surface area contributed by atoms with Crippen LogP contribution in [0.1, 0.15) is 24.2 Å². The molecule has 1 heterocycles. The van der Waals surface area contributed by atoms with Crippen molar-refractivity contribution in [2.24, 2.45) is 0 Å². The van der Waals surface area contributed by atoms with E-state index in [0.717, 1.165) is 5.52 Å². The zero-order chi connectivity index (χ0) is 19.1. The predicted octanol–water partition coefficient (Wildman–Crippen LogP) is 1.61. The number of nitrogens with one attached hydrogen (secondary N) is 1. The van der Waals surface area contributed by atoms with E-state index in [-0.39, 0.29) is 18.2 Å². The number of aryl methyl sites for hydroxylation is 1. The lowest BCUT2D eigenvalue weighted by Gasteiger charge is -2.06. The van der Waals surface area contributed by atoms with Gasteiger partial charge in [-0.15, -0.1) is 0 Å². The molecule has 140 valence electrons. The third-order valence-corrected chi connectivity index (χ3v) is 4.51. The molecule has 9 heteroatoms. The highest BCUT2D eigenvalue weighted by Gasteiger charge is 2.15. The van der Waals surface area contributed by atoms with Gasteiger partial charge in [0.2, 0.25) is 5.91 Å². The van der Waals surface area contributed by atoms with Gasteiger partial charge in [0, 0.05) is 6.54 Å². The summed E-state index contributed by atoms with van der Waals surface area (Å²) in [6.45, 7) is 4.54. The molecular formula is C17H21N3O5S. The Bertz CT molecular complexity index is 818. The Hall–Kier alpha value is -2.55. The van der Waals surface area contributed by atoms with Crippen LogP contribution in [0.4, 0.5) is 0 Å². The van der Waals surface area contributed by atoms with Gasteiger partial charge in [-0.25, -0.2) is 9.78 Å². The summed E-state index contributed by atoms with van der Waals surface area (Å²) in [5, 5.41) is 3.14. The number of nitrogens with zero attached hydrogens (tertiary/aromatic N) is 2. The molecular weight excluding hydrogens is 358 g/mol. The molecule has 26 heavy (non-hydrogen) atoms. The number of thioether (sulfide) groups is 1. The first-order valence-electron chi connectivity index (χ1n) is 8.13. The number of carbonyl (C=O) groups is 3. The fraction of sp³-hybridized carbons (Fsp3) is 0.412. The molecule has 0 aliphatic heterocycles. The molecule has 2 aromatic rings. The summed E-state index contributed by atoms with van der Waals surface area (Å²) in [6.07, 6.45) is 0. The van der Waals surface area contributed by atoms with Crippen LogP contribution >= 0.6 is 11.8 Å². The maximum absolute atomic E-state index is 11.9. The van der Waals surface area contributed by atoms with Crippen LogP contribution in [0.25, 0.3) is 11.0 Å². The molecule has 1 N–H and O–H groups in total. The second-order valence-corrected chi connectivity index (χ2v) is 6.15. The molecule has 0 spiro atoms. The van der Waals surface area contributed by atoms with Gasteiger partial charge in [-0.1, -0.05) is 11.8 Å². The number of methoxy groups -OCH3 is 1. The van der Waals surface area contributed by atoms with Gasteiger partial charge in [-0.05, 0) is 32.0 Å². The summed E-state index contributed by atoms with van der Waals surface area (Å²) in [4.78, 5) is 39.3. The molecule has 1 aromatic carbocycles. The lowest BCUT2D eigenvalue weighted by atomic mass is 10.2. The maximum atomic E-state index is 11.9. The number of benzene rings is 1. The van der Waals surface area contributed by atoms with Crippen molar-refractivity contribution in [3.05, 3.63) is 23.8 Å². The molecule has 0 aliphatic carbocycles. The largest absolute Gasteiger partial charge is 0.468 e. The standard InChI is InChI=1S/C17H21N3O5S/c1-4-20-13-7-6-11(16(23)25-5-2)8-12(13)19-17(20)26-10-14(21)18-9-15(22)24-3/h6-8H,4-5,9-10H2,1-3H3,(H,18,21). The van der Waals surface area contributed by atoms with E-state index in [9.17, 15) is 14.4 Å². The number of hydrogen-bond acceptors (Lipinski definition) is 7. The SMILES string of the molecule is CCOC(=O)c1ccc2c(c1)nc(SCC(=O)NCC(=O)OC)n2CC. The zero-order valence-electron chi connectivity index (χ0n) is 14.9. The summed E-state index contributed by atoms with van der Waals surface area (Å²) in [7, 11) is 1.26. The van der Waals surface area contributed by atoms with E-state index < -0.39 is 11.9 Å². The molecule has 1 aromatic heterocycles. The summed E-state index contributed by atoms with van der Waals surface area (Å²) in [5.74, 6) is -1.07. The quantitative estimate of drug-likeness (QED) is 0.549. The molecule has 1 amide bonds. The number of fused-ring (bicyclic) bond motifs is 1. The highest BCUT2D eigenvalue weighted by atomic mass is 32.2. The Balaban J connectivity index is 2.13. The molecule has 0 aliphatic rings. The van der Waals surface area contributed by atoms with E-state index in [4.69, 9.17) is 4.74 Å². The second kappa shape index (κ2) is 9.23. The van der Waals surface area contributed by atoms with Crippen molar-refractivity contribution in [2.75, 3.05) is 26.0 Å². The number of hydrogen-bond donors (Lipinski definition) is 1. The van der Waals surface area contributed by atoms with E-state index >= 15 is 0 Å². The lowest BCUT2D eigenvalue weighted by molar-refractivity contribution is -0.140. The van der Waals surface area contributed by atoms with Crippen molar-refractivity contribution in [3.63, 3.8) is 0 Å².